The molecule has 0 aromatic heterocycles. The third kappa shape index (κ3) is 4.67. The summed E-state index contributed by atoms with van der Waals surface area (Å²) < 4.78 is 5.39. The first-order chi connectivity index (χ1) is 13.1. The number of nitrogens with zero attached hydrogens (tertiary/aromatic N) is 2. The van der Waals surface area contributed by atoms with Gasteiger partial charge in [0.15, 0.2) is 6.10 Å². The molecule has 1 amide bonds. The Kier molecular flexibility index (Phi) is 6.12. The number of esters is 1. The fourth-order valence-electron chi connectivity index (χ4n) is 3.24. The summed E-state index contributed by atoms with van der Waals surface area (Å²) in [5, 5.41) is 0. The molecule has 2 aromatic rings. The number of anilines is 1. The highest BCUT2D eigenvalue weighted by atomic mass is 16.5. The minimum Gasteiger partial charge on any atom is -0.449 e. The Hall–Kier alpha value is -2.82. The molecule has 0 aliphatic carbocycles. The van der Waals surface area contributed by atoms with Crippen molar-refractivity contribution in [2.75, 3.05) is 31.1 Å². The van der Waals surface area contributed by atoms with Crippen molar-refractivity contribution in [1.29, 1.82) is 0 Å². The zero-order valence-electron chi connectivity index (χ0n) is 15.9. The number of carbonyl (C=O) groups excluding carboxylic acids is 2. The number of piperazine rings is 1. The number of carbonyl (C=O) groups is 2. The maximum atomic E-state index is 12.6. The summed E-state index contributed by atoms with van der Waals surface area (Å²) in [6, 6.07) is 17.5. The molecule has 1 atom stereocenters. The van der Waals surface area contributed by atoms with Crippen molar-refractivity contribution in [3.63, 3.8) is 0 Å². The van der Waals surface area contributed by atoms with E-state index in [4.69, 9.17) is 4.74 Å². The molecule has 142 valence electrons. The molecule has 0 N–H and O–H groups in total. The van der Waals surface area contributed by atoms with Crippen molar-refractivity contribution in [2.45, 2.75) is 26.4 Å². The van der Waals surface area contributed by atoms with Crippen LogP contribution in [0.15, 0.2) is 54.6 Å². The fraction of sp³-hybridized carbons (Fsp3) is 0.364. The molecular weight excluding hydrogens is 340 g/mol. The summed E-state index contributed by atoms with van der Waals surface area (Å²) in [5.41, 5.74) is 2.80. The summed E-state index contributed by atoms with van der Waals surface area (Å²) in [6.45, 7) is 6.50. The van der Waals surface area contributed by atoms with Crippen LogP contribution in [0.25, 0.3) is 0 Å². The van der Waals surface area contributed by atoms with Crippen LogP contribution in [0.5, 0.6) is 0 Å². The molecule has 1 heterocycles. The highest BCUT2D eigenvalue weighted by molar-refractivity contribution is 5.92. The standard InChI is InChI=1S/C22H26N2O3/c1-3-18-9-11-19(12-10-18)22(26)27-17(2)21(25)24-15-13-23(14-16-24)20-7-5-4-6-8-20/h4-12,17H,3,13-16H2,1-2H3. The van der Waals surface area contributed by atoms with Crippen molar-refractivity contribution >= 4 is 17.6 Å². The van der Waals surface area contributed by atoms with Crippen LogP contribution in [0.2, 0.25) is 0 Å². The van der Waals surface area contributed by atoms with E-state index < -0.39 is 12.1 Å². The van der Waals surface area contributed by atoms with Crippen LogP contribution in [-0.2, 0) is 16.0 Å². The maximum Gasteiger partial charge on any atom is 0.338 e. The van der Waals surface area contributed by atoms with Crippen molar-refractivity contribution in [1.82, 2.24) is 4.90 Å². The number of hydrogen-bond acceptors (Lipinski definition) is 4. The Balaban J connectivity index is 1.52. The van der Waals surface area contributed by atoms with Crippen LogP contribution in [0.3, 0.4) is 0 Å². The lowest BCUT2D eigenvalue weighted by Gasteiger charge is -2.37. The minimum atomic E-state index is -0.786. The van der Waals surface area contributed by atoms with Gasteiger partial charge in [0.05, 0.1) is 5.56 Å². The van der Waals surface area contributed by atoms with E-state index in [1.807, 2.05) is 30.3 Å². The first-order valence-electron chi connectivity index (χ1n) is 9.47. The predicted molar refractivity (Wildman–Crippen MR) is 106 cm³/mol. The molecule has 2 aromatic carbocycles. The van der Waals surface area contributed by atoms with E-state index in [-0.39, 0.29) is 5.91 Å². The van der Waals surface area contributed by atoms with Crippen LogP contribution >= 0.6 is 0 Å². The third-order valence-corrected chi connectivity index (χ3v) is 4.94. The van der Waals surface area contributed by atoms with Crippen molar-refractivity contribution < 1.29 is 14.3 Å². The molecule has 1 saturated heterocycles. The lowest BCUT2D eigenvalue weighted by Crippen LogP contribution is -2.51. The first-order valence-corrected chi connectivity index (χ1v) is 9.47. The zero-order chi connectivity index (χ0) is 19.2. The van der Waals surface area contributed by atoms with Gasteiger partial charge in [-0.25, -0.2) is 4.79 Å². The molecule has 0 saturated carbocycles. The van der Waals surface area contributed by atoms with E-state index in [0.717, 1.165) is 25.1 Å². The Bertz CT molecular complexity index is 766. The first kappa shape index (κ1) is 19.0. The minimum absolute atomic E-state index is 0.138. The lowest BCUT2D eigenvalue weighted by atomic mass is 10.1. The number of hydrogen-bond donors (Lipinski definition) is 0. The topological polar surface area (TPSA) is 49.9 Å². The van der Waals surface area contributed by atoms with Crippen molar-refractivity contribution in [2.24, 2.45) is 0 Å². The molecule has 3 rings (SSSR count). The smallest absolute Gasteiger partial charge is 0.338 e. The van der Waals surface area contributed by atoms with Gasteiger partial charge in [0.25, 0.3) is 5.91 Å². The number of ether oxygens (including phenoxy) is 1. The summed E-state index contributed by atoms with van der Waals surface area (Å²) in [4.78, 5) is 29.0. The Morgan fingerprint density at radius 3 is 2.19 bits per heavy atom. The highest BCUT2D eigenvalue weighted by Gasteiger charge is 2.27. The van der Waals surface area contributed by atoms with Crippen LogP contribution in [0.4, 0.5) is 5.69 Å². The van der Waals surface area contributed by atoms with Gasteiger partial charge in [-0.05, 0) is 43.2 Å². The van der Waals surface area contributed by atoms with Gasteiger partial charge in [0, 0.05) is 31.9 Å². The number of para-hydroxylation sites is 1. The monoisotopic (exact) mass is 366 g/mol. The van der Waals surface area contributed by atoms with Crippen LogP contribution in [-0.4, -0.2) is 49.1 Å². The number of rotatable bonds is 5. The molecule has 1 aliphatic heterocycles. The highest BCUT2D eigenvalue weighted by Crippen LogP contribution is 2.16. The molecule has 1 unspecified atom stereocenters. The summed E-state index contributed by atoms with van der Waals surface area (Å²) in [5.74, 6) is -0.595. The van der Waals surface area contributed by atoms with Gasteiger partial charge >= 0.3 is 5.97 Å². The van der Waals surface area contributed by atoms with Gasteiger partial charge in [-0.1, -0.05) is 37.3 Å². The van der Waals surface area contributed by atoms with E-state index in [0.29, 0.717) is 18.7 Å². The normalized spacial score (nSPS) is 15.3. The van der Waals surface area contributed by atoms with Gasteiger partial charge in [0.1, 0.15) is 0 Å². The second kappa shape index (κ2) is 8.71. The van der Waals surface area contributed by atoms with Gasteiger partial charge in [-0.15, -0.1) is 0 Å². The molecule has 5 heteroatoms. The van der Waals surface area contributed by atoms with Gasteiger partial charge in [-0.2, -0.15) is 0 Å². The van der Waals surface area contributed by atoms with Crippen molar-refractivity contribution in [3.8, 4) is 0 Å². The lowest BCUT2D eigenvalue weighted by molar-refractivity contribution is -0.140. The van der Waals surface area contributed by atoms with E-state index in [1.165, 1.54) is 5.69 Å². The third-order valence-electron chi connectivity index (χ3n) is 4.94. The number of benzene rings is 2. The van der Waals surface area contributed by atoms with Crippen LogP contribution < -0.4 is 4.90 Å². The van der Waals surface area contributed by atoms with Crippen LogP contribution in [0, 0.1) is 0 Å². The van der Waals surface area contributed by atoms with Gasteiger partial charge in [-0.3, -0.25) is 4.79 Å². The summed E-state index contributed by atoms with van der Waals surface area (Å²) in [6.07, 6.45) is 0.130. The van der Waals surface area contributed by atoms with E-state index in [2.05, 4.69) is 24.0 Å². The quantitative estimate of drug-likeness (QED) is 0.763. The van der Waals surface area contributed by atoms with E-state index >= 15 is 0 Å². The molecule has 0 spiro atoms. The molecule has 0 radical (unpaired) electrons. The Morgan fingerprint density at radius 2 is 1.59 bits per heavy atom. The zero-order valence-corrected chi connectivity index (χ0v) is 15.9. The number of aryl methyl sites for hydroxylation is 1. The molecule has 0 bridgehead atoms. The molecular formula is C22H26N2O3. The second-order valence-corrected chi connectivity index (χ2v) is 6.75. The van der Waals surface area contributed by atoms with Gasteiger partial charge < -0.3 is 14.5 Å². The molecule has 1 aliphatic rings. The molecule has 1 fully saturated rings. The largest absolute Gasteiger partial charge is 0.449 e. The Morgan fingerprint density at radius 1 is 0.963 bits per heavy atom. The van der Waals surface area contributed by atoms with E-state index in [1.54, 1.807) is 24.0 Å². The average molecular weight is 366 g/mol. The SMILES string of the molecule is CCc1ccc(C(=O)OC(C)C(=O)N2CCN(c3ccccc3)CC2)cc1. The second-order valence-electron chi connectivity index (χ2n) is 6.75. The van der Waals surface area contributed by atoms with Gasteiger partial charge in [0.2, 0.25) is 0 Å². The van der Waals surface area contributed by atoms with E-state index in [9.17, 15) is 9.59 Å². The van der Waals surface area contributed by atoms with Crippen LogP contribution in [0.1, 0.15) is 29.8 Å². The summed E-state index contributed by atoms with van der Waals surface area (Å²) >= 11 is 0. The Labute approximate surface area is 160 Å². The molecule has 5 nitrogen and oxygen atoms in total. The predicted octanol–water partition coefficient (Wildman–Crippen LogP) is 3.14. The fourth-order valence-corrected chi connectivity index (χ4v) is 3.24. The summed E-state index contributed by atoms with van der Waals surface area (Å²) in [7, 11) is 0. The molecule has 27 heavy (non-hydrogen) atoms. The maximum absolute atomic E-state index is 12.6. The number of amides is 1. The average Bonchev–Trinajstić information content (AvgIpc) is 2.74. The van der Waals surface area contributed by atoms with Crippen molar-refractivity contribution in [3.05, 3.63) is 65.7 Å².